The zero-order chi connectivity index (χ0) is 13.7. The number of rotatable bonds is 7. The molecule has 19 heavy (non-hydrogen) atoms. The van der Waals surface area contributed by atoms with E-state index in [1.807, 2.05) is 0 Å². The van der Waals surface area contributed by atoms with E-state index in [2.05, 4.69) is 31.3 Å². The first kappa shape index (κ1) is 14.2. The first-order valence-electron chi connectivity index (χ1n) is 7.04. The van der Waals surface area contributed by atoms with Crippen molar-refractivity contribution in [1.29, 1.82) is 0 Å². The molecule has 0 amide bonds. The molecule has 0 aromatic heterocycles. The van der Waals surface area contributed by atoms with Crippen molar-refractivity contribution in [3.8, 4) is 11.5 Å². The van der Waals surface area contributed by atoms with Crippen molar-refractivity contribution in [2.75, 3.05) is 26.4 Å². The SMILES string of the molecule is CCC(CN)CNCCc1cc2c(cc1C)OCO2. The van der Waals surface area contributed by atoms with Gasteiger partial charge < -0.3 is 20.5 Å². The Labute approximate surface area is 115 Å². The minimum absolute atomic E-state index is 0.338. The normalized spacial score (nSPS) is 14.7. The van der Waals surface area contributed by atoms with E-state index in [-0.39, 0.29) is 0 Å². The minimum atomic E-state index is 0.338. The van der Waals surface area contributed by atoms with Crippen LogP contribution in [0.2, 0.25) is 0 Å². The Morgan fingerprint density at radius 2 is 2.05 bits per heavy atom. The molecule has 1 atom stereocenters. The van der Waals surface area contributed by atoms with E-state index in [1.54, 1.807) is 0 Å². The third-order valence-electron chi connectivity index (χ3n) is 3.75. The summed E-state index contributed by atoms with van der Waals surface area (Å²) >= 11 is 0. The Morgan fingerprint density at radius 1 is 1.32 bits per heavy atom. The van der Waals surface area contributed by atoms with Crippen molar-refractivity contribution < 1.29 is 9.47 Å². The Balaban J connectivity index is 1.83. The molecule has 0 radical (unpaired) electrons. The van der Waals surface area contributed by atoms with Gasteiger partial charge >= 0.3 is 0 Å². The maximum atomic E-state index is 5.69. The molecule has 0 saturated heterocycles. The molecule has 4 nitrogen and oxygen atoms in total. The second kappa shape index (κ2) is 6.78. The lowest BCUT2D eigenvalue weighted by Crippen LogP contribution is -2.29. The topological polar surface area (TPSA) is 56.5 Å². The maximum absolute atomic E-state index is 5.69. The summed E-state index contributed by atoms with van der Waals surface area (Å²) in [4.78, 5) is 0. The predicted molar refractivity (Wildman–Crippen MR) is 76.7 cm³/mol. The summed E-state index contributed by atoms with van der Waals surface area (Å²) in [5.74, 6) is 2.32. The molecule has 2 rings (SSSR count). The van der Waals surface area contributed by atoms with Crippen LogP contribution in [-0.2, 0) is 6.42 Å². The minimum Gasteiger partial charge on any atom is -0.454 e. The molecule has 0 spiro atoms. The third-order valence-corrected chi connectivity index (χ3v) is 3.75. The highest BCUT2D eigenvalue weighted by atomic mass is 16.7. The molecule has 1 aliphatic rings. The van der Waals surface area contributed by atoms with Crippen molar-refractivity contribution in [2.45, 2.75) is 26.7 Å². The van der Waals surface area contributed by atoms with Gasteiger partial charge in [0.1, 0.15) is 0 Å². The Hall–Kier alpha value is -1.26. The van der Waals surface area contributed by atoms with Crippen LogP contribution in [0, 0.1) is 12.8 Å². The van der Waals surface area contributed by atoms with E-state index in [4.69, 9.17) is 15.2 Å². The van der Waals surface area contributed by atoms with Gasteiger partial charge in [-0.3, -0.25) is 0 Å². The van der Waals surface area contributed by atoms with Gasteiger partial charge in [0, 0.05) is 0 Å². The number of ether oxygens (including phenoxy) is 2. The number of nitrogens with one attached hydrogen (secondary N) is 1. The summed E-state index contributed by atoms with van der Waals surface area (Å²) in [7, 11) is 0. The van der Waals surface area contributed by atoms with Gasteiger partial charge in [-0.15, -0.1) is 0 Å². The standard InChI is InChI=1S/C15H24N2O2/c1-3-12(8-16)9-17-5-4-13-7-15-14(6-11(13)2)18-10-19-15/h6-7,12,17H,3-5,8-10,16H2,1-2H3. The largest absolute Gasteiger partial charge is 0.454 e. The molecule has 3 N–H and O–H groups in total. The van der Waals surface area contributed by atoms with Gasteiger partial charge in [0.05, 0.1) is 0 Å². The molecule has 1 aromatic carbocycles. The molecular weight excluding hydrogens is 240 g/mol. The Bertz CT molecular complexity index is 417. The first-order valence-corrected chi connectivity index (χ1v) is 7.04. The first-order chi connectivity index (χ1) is 9.24. The van der Waals surface area contributed by atoms with E-state index in [9.17, 15) is 0 Å². The van der Waals surface area contributed by atoms with Crippen LogP contribution >= 0.6 is 0 Å². The zero-order valence-corrected chi connectivity index (χ0v) is 11.9. The van der Waals surface area contributed by atoms with Crippen molar-refractivity contribution in [3.63, 3.8) is 0 Å². The number of fused-ring (bicyclic) bond motifs is 1. The monoisotopic (exact) mass is 264 g/mol. The van der Waals surface area contributed by atoms with Gasteiger partial charge in [-0.25, -0.2) is 0 Å². The fourth-order valence-electron chi connectivity index (χ4n) is 2.28. The molecule has 1 aliphatic heterocycles. The predicted octanol–water partition coefficient (Wildman–Crippen LogP) is 1.84. The van der Waals surface area contributed by atoms with Crippen molar-refractivity contribution >= 4 is 0 Å². The quantitative estimate of drug-likeness (QED) is 0.738. The van der Waals surface area contributed by atoms with E-state index < -0.39 is 0 Å². The molecule has 106 valence electrons. The average Bonchev–Trinajstić information content (AvgIpc) is 2.86. The fourth-order valence-corrected chi connectivity index (χ4v) is 2.28. The number of hydrogen-bond donors (Lipinski definition) is 2. The van der Waals surface area contributed by atoms with Gasteiger partial charge in [0.2, 0.25) is 6.79 Å². The maximum Gasteiger partial charge on any atom is 0.231 e. The molecule has 1 heterocycles. The molecule has 0 saturated carbocycles. The Morgan fingerprint density at radius 3 is 2.74 bits per heavy atom. The summed E-state index contributed by atoms with van der Waals surface area (Å²) in [5.41, 5.74) is 8.27. The van der Waals surface area contributed by atoms with Crippen molar-refractivity contribution in [2.24, 2.45) is 11.7 Å². The lowest BCUT2D eigenvalue weighted by Gasteiger charge is -2.13. The van der Waals surface area contributed by atoms with Crippen LogP contribution in [-0.4, -0.2) is 26.4 Å². The van der Waals surface area contributed by atoms with Crippen molar-refractivity contribution in [3.05, 3.63) is 23.3 Å². The van der Waals surface area contributed by atoms with E-state index in [0.717, 1.165) is 44.0 Å². The molecule has 0 fully saturated rings. The molecule has 1 unspecified atom stereocenters. The van der Waals surface area contributed by atoms with Gasteiger partial charge in [-0.2, -0.15) is 0 Å². The molecule has 0 bridgehead atoms. The summed E-state index contributed by atoms with van der Waals surface area (Å²) in [6.45, 7) is 7.36. The van der Waals surface area contributed by atoms with Gasteiger partial charge in [0.15, 0.2) is 11.5 Å². The summed E-state index contributed by atoms with van der Waals surface area (Å²) < 4.78 is 10.8. The van der Waals surface area contributed by atoms with Gasteiger partial charge in [0.25, 0.3) is 0 Å². The van der Waals surface area contributed by atoms with Gasteiger partial charge in [-0.05, 0) is 62.2 Å². The van der Waals surface area contributed by atoms with Gasteiger partial charge in [-0.1, -0.05) is 13.3 Å². The number of benzene rings is 1. The number of nitrogens with two attached hydrogens (primary N) is 1. The summed E-state index contributed by atoms with van der Waals surface area (Å²) in [5, 5.41) is 3.48. The highest BCUT2D eigenvalue weighted by Gasteiger charge is 2.15. The van der Waals surface area contributed by atoms with Crippen LogP contribution in [0.1, 0.15) is 24.5 Å². The smallest absolute Gasteiger partial charge is 0.231 e. The van der Waals surface area contributed by atoms with E-state index in [1.165, 1.54) is 11.1 Å². The Kier molecular flexibility index (Phi) is 5.05. The average molecular weight is 264 g/mol. The number of aryl methyl sites for hydroxylation is 1. The summed E-state index contributed by atoms with van der Waals surface area (Å²) in [6, 6.07) is 4.16. The van der Waals surface area contributed by atoms with Crippen molar-refractivity contribution in [1.82, 2.24) is 5.32 Å². The fraction of sp³-hybridized carbons (Fsp3) is 0.600. The molecule has 4 heteroatoms. The van der Waals surface area contributed by atoms with Crippen LogP contribution in [0.15, 0.2) is 12.1 Å². The summed E-state index contributed by atoms with van der Waals surface area (Å²) in [6.07, 6.45) is 2.13. The molecule has 1 aromatic rings. The lowest BCUT2D eigenvalue weighted by molar-refractivity contribution is 0.174. The second-order valence-corrected chi connectivity index (χ2v) is 5.10. The lowest BCUT2D eigenvalue weighted by atomic mass is 10.0. The van der Waals surface area contributed by atoms with Crippen LogP contribution in [0.5, 0.6) is 11.5 Å². The molecular formula is C15H24N2O2. The number of hydrogen-bond acceptors (Lipinski definition) is 4. The van der Waals surface area contributed by atoms with Crippen LogP contribution < -0.4 is 20.5 Å². The third kappa shape index (κ3) is 3.61. The van der Waals surface area contributed by atoms with E-state index >= 15 is 0 Å². The van der Waals surface area contributed by atoms with E-state index in [0.29, 0.717) is 12.7 Å². The second-order valence-electron chi connectivity index (χ2n) is 5.10. The van der Waals surface area contributed by atoms with Crippen LogP contribution in [0.25, 0.3) is 0 Å². The van der Waals surface area contributed by atoms with Crippen LogP contribution in [0.3, 0.4) is 0 Å². The van der Waals surface area contributed by atoms with Crippen LogP contribution in [0.4, 0.5) is 0 Å². The zero-order valence-electron chi connectivity index (χ0n) is 11.9. The highest BCUT2D eigenvalue weighted by molar-refractivity contribution is 5.48. The molecule has 0 aliphatic carbocycles. The highest BCUT2D eigenvalue weighted by Crippen LogP contribution is 2.34.